The zero-order chi connectivity index (χ0) is 16.0. The van der Waals surface area contributed by atoms with E-state index in [9.17, 15) is 0 Å². The highest BCUT2D eigenvalue weighted by Gasteiger charge is 2.29. The summed E-state index contributed by atoms with van der Waals surface area (Å²) in [6.45, 7) is 9.05. The SMILES string of the molecule is CN=C(NCC(C)c1cccc(C)c1)NCC1(C)CCCO1.I. The van der Waals surface area contributed by atoms with Crippen LogP contribution in [-0.4, -0.2) is 38.3 Å². The average molecular weight is 431 g/mol. The maximum absolute atomic E-state index is 5.80. The average Bonchev–Trinajstić information content (AvgIpc) is 2.94. The van der Waals surface area contributed by atoms with Gasteiger partial charge in [0.15, 0.2) is 5.96 Å². The van der Waals surface area contributed by atoms with Gasteiger partial charge in [-0.15, -0.1) is 24.0 Å². The number of halogens is 1. The van der Waals surface area contributed by atoms with Gasteiger partial charge < -0.3 is 15.4 Å². The molecule has 130 valence electrons. The Hall–Kier alpha value is -0.820. The smallest absolute Gasteiger partial charge is 0.191 e. The van der Waals surface area contributed by atoms with Gasteiger partial charge in [-0.3, -0.25) is 4.99 Å². The first-order valence-electron chi connectivity index (χ1n) is 8.17. The lowest BCUT2D eigenvalue weighted by Crippen LogP contribution is -2.46. The van der Waals surface area contributed by atoms with E-state index in [0.29, 0.717) is 5.92 Å². The van der Waals surface area contributed by atoms with Crippen molar-refractivity contribution in [2.45, 2.75) is 45.1 Å². The lowest BCUT2D eigenvalue weighted by molar-refractivity contribution is 0.0243. The Bertz CT molecular complexity index is 513. The number of nitrogens with zero attached hydrogens (tertiary/aromatic N) is 1. The second-order valence-electron chi connectivity index (χ2n) is 6.52. The van der Waals surface area contributed by atoms with Crippen LogP contribution in [0, 0.1) is 6.92 Å². The van der Waals surface area contributed by atoms with Gasteiger partial charge in [0, 0.05) is 26.7 Å². The van der Waals surface area contributed by atoms with E-state index in [4.69, 9.17) is 4.74 Å². The molecule has 23 heavy (non-hydrogen) atoms. The maximum atomic E-state index is 5.80. The molecule has 0 amide bonds. The minimum Gasteiger partial charge on any atom is -0.373 e. The summed E-state index contributed by atoms with van der Waals surface area (Å²) in [6.07, 6.45) is 2.26. The topological polar surface area (TPSA) is 45.7 Å². The quantitative estimate of drug-likeness (QED) is 0.427. The fourth-order valence-electron chi connectivity index (χ4n) is 2.81. The van der Waals surface area contributed by atoms with Crippen molar-refractivity contribution in [3.63, 3.8) is 0 Å². The number of rotatable bonds is 5. The molecule has 1 heterocycles. The van der Waals surface area contributed by atoms with E-state index >= 15 is 0 Å². The highest BCUT2D eigenvalue weighted by atomic mass is 127. The molecule has 1 aromatic carbocycles. The summed E-state index contributed by atoms with van der Waals surface area (Å²) in [6, 6.07) is 8.68. The van der Waals surface area contributed by atoms with E-state index in [2.05, 4.69) is 60.7 Å². The lowest BCUT2D eigenvalue weighted by atomic mass is 9.99. The molecular formula is C18H30IN3O. The highest BCUT2D eigenvalue weighted by Crippen LogP contribution is 2.23. The minimum atomic E-state index is -0.0558. The fourth-order valence-corrected chi connectivity index (χ4v) is 2.81. The van der Waals surface area contributed by atoms with Crippen LogP contribution >= 0.6 is 24.0 Å². The summed E-state index contributed by atoms with van der Waals surface area (Å²) < 4.78 is 5.80. The lowest BCUT2D eigenvalue weighted by Gasteiger charge is -2.25. The minimum absolute atomic E-state index is 0. The van der Waals surface area contributed by atoms with Crippen molar-refractivity contribution in [3.05, 3.63) is 35.4 Å². The van der Waals surface area contributed by atoms with E-state index < -0.39 is 0 Å². The van der Waals surface area contributed by atoms with Gasteiger partial charge in [-0.1, -0.05) is 36.8 Å². The number of benzene rings is 1. The Balaban J connectivity index is 0.00000264. The van der Waals surface area contributed by atoms with Crippen LogP contribution < -0.4 is 10.6 Å². The van der Waals surface area contributed by atoms with Crippen molar-refractivity contribution in [1.82, 2.24) is 10.6 Å². The van der Waals surface area contributed by atoms with Crippen molar-refractivity contribution in [3.8, 4) is 0 Å². The van der Waals surface area contributed by atoms with Crippen molar-refractivity contribution >= 4 is 29.9 Å². The number of nitrogens with one attached hydrogen (secondary N) is 2. The van der Waals surface area contributed by atoms with Gasteiger partial charge in [0.2, 0.25) is 0 Å². The molecule has 4 nitrogen and oxygen atoms in total. The standard InChI is InChI=1S/C18H29N3O.HI/c1-14-7-5-8-16(11-14)15(2)12-20-17(19-4)21-13-18(3)9-6-10-22-18;/h5,7-8,11,15H,6,9-10,12-13H2,1-4H3,(H2,19,20,21);1H. The van der Waals surface area contributed by atoms with Crippen LogP contribution in [0.25, 0.3) is 0 Å². The predicted octanol–water partition coefficient (Wildman–Crippen LogP) is 3.45. The summed E-state index contributed by atoms with van der Waals surface area (Å²) in [7, 11) is 1.81. The van der Waals surface area contributed by atoms with E-state index in [1.807, 2.05) is 7.05 Å². The summed E-state index contributed by atoms with van der Waals surface area (Å²) in [5.41, 5.74) is 2.60. The van der Waals surface area contributed by atoms with Gasteiger partial charge in [0.25, 0.3) is 0 Å². The number of aryl methyl sites for hydroxylation is 1. The van der Waals surface area contributed by atoms with Gasteiger partial charge in [0.1, 0.15) is 0 Å². The molecule has 2 unspecified atom stereocenters. The maximum Gasteiger partial charge on any atom is 0.191 e. The van der Waals surface area contributed by atoms with E-state index in [1.165, 1.54) is 11.1 Å². The molecule has 1 aromatic rings. The largest absolute Gasteiger partial charge is 0.373 e. The number of aliphatic imine (C=N–C) groups is 1. The Labute approximate surface area is 157 Å². The van der Waals surface area contributed by atoms with Crippen LogP contribution in [0.15, 0.2) is 29.3 Å². The Morgan fingerprint density at radius 2 is 2.17 bits per heavy atom. The molecule has 1 aliphatic rings. The van der Waals surface area contributed by atoms with Crippen LogP contribution in [0.4, 0.5) is 0 Å². The van der Waals surface area contributed by atoms with Gasteiger partial charge >= 0.3 is 0 Å². The molecule has 2 N–H and O–H groups in total. The first kappa shape index (κ1) is 20.2. The van der Waals surface area contributed by atoms with E-state index in [-0.39, 0.29) is 29.6 Å². The molecule has 1 saturated heterocycles. The summed E-state index contributed by atoms with van der Waals surface area (Å²) in [5, 5.41) is 6.80. The van der Waals surface area contributed by atoms with Gasteiger partial charge in [-0.05, 0) is 38.2 Å². The summed E-state index contributed by atoms with van der Waals surface area (Å²) in [5.74, 6) is 1.29. The molecule has 0 bridgehead atoms. The molecule has 1 fully saturated rings. The van der Waals surface area contributed by atoms with E-state index in [0.717, 1.165) is 38.5 Å². The fraction of sp³-hybridized carbons (Fsp3) is 0.611. The van der Waals surface area contributed by atoms with Crippen LogP contribution in [0.2, 0.25) is 0 Å². The molecule has 0 saturated carbocycles. The first-order valence-corrected chi connectivity index (χ1v) is 8.17. The molecule has 0 aliphatic carbocycles. The zero-order valence-corrected chi connectivity index (χ0v) is 17.0. The zero-order valence-electron chi connectivity index (χ0n) is 14.7. The van der Waals surface area contributed by atoms with E-state index in [1.54, 1.807) is 0 Å². The third kappa shape index (κ3) is 6.30. The third-order valence-corrected chi connectivity index (χ3v) is 4.34. The van der Waals surface area contributed by atoms with Crippen LogP contribution in [0.5, 0.6) is 0 Å². The number of guanidine groups is 1. The molecule has 2 rings (SSSR count). The summed E-state index contributed by atoms with van der Waals surface area (Å²) >= 11 is 0. The van der Waals surface area contributed by atoms with Crippen LogP contribution in [0.1, 0.15) is 43.7 Å². The Kier molecular flexibility index (Phi) is 8.33. The highest BCUT2D eigenvalue weighted by molar-refractivity contribution is 14.0. The number of ether oxygens (including phenoxy) is 1. The Morgan fingerprint density at radius 1 is 1.39 bits per heavy atom. The van der Waals surface area contributed by atoms with Crippen molar-refractivity contribution in [2.75, 3.05) is 26.7 Å². The molecule has 1 aliphatic heterocycles. The number of hydrogen-bond acceptors (Lipinski definition) is 2. The molecule has 2 atom stereocenters. The van der Waals surface area contributed by atoms with Gasteiger partial charge in [-0.25, -0.2) is 0 Å². The first-order chi connectivity index (χ1) is 10.5. The van der Waals surface area contributed by atoms with Crippen molar-refractivity contribution in [2.24, 2.45) is 4.99 Å². The summed E-state index contributed by atoms with van der Waals surface area (Å²) in [4.78, 5) is 4.30. The molecule has 0 radical (unpaired) electrons. The van der Waals surface area contributed by atoms with Crippen molar-refractivity contribution < 1.29 is 4.74 Å². The molecular weight excluding hydrogens is 401 g/mol. The second-order valence-corrected chi connectivity index (χ2v) is 6.52. The van der Waals surface area contributed by atoms with Crippen LogP contribution in [-0.2, 0) is 4.74 Å². The van der Waals surface area contributed by atoms with Gasteiger partial charge in [-0.2, -0.15) is 0 Å². The third-order valence-electron chi connectivity index (χ3n) is 4.34. The van der Waals surface area contributed by atoms with Gasteiger partial charge in [0.05, 0.1) is 5.60 Å². The van der Waals surface area contributed by atoms with Crippen molar-refractivity contribution in [1.29, 1.82) is 0 Å². The molecule has 0 aromatic heterocycles. The monoisotopic (exact) mass is 431 g/mol. The predicted molar refractivity (Wildman–Crippen MR) is 108 cm³/mol. The Morgan fingerprint density at radius 3 is 2.78 bits per heavy atom. The second kappa shape index (κ2) is 9.47. The molecule has 5 heteroatoms. The van der Waals surface area contributed by atoms with Crippen LogP contribution in [0.3, 0.4) is 0 Å². The molecule has 0 spiro atoms. The number of hydrogen-bond donors (Lipinski definition) is 2. The normalized spacial score (nSPS) is 22.3.